The maximum absolute atomic E-state index is 11.5. The van der Waals surface area contributed by atoms with Crippen LogP contribution in [0.5, 0.6) is 0 Å². The minimum absolute atomic E-state index is 0.0249. The van der Waals surface area contributed by atoms with Crippen LogP contribution in [0.15, 0.2) is 0 Å². The Hall–Kier alpha value is -1.30. The molecule has 0 aromatic carbocycles. The van der Waals surface area contributed by atoms with Crippen molar-refractivity contribution in [2.45, 2.75) is 32.4 Å². The van der Waals surface area contributed by atoms with Crippen LogP contribution in [0.4, 0.5) is 4.79 Å². The maximum Gasteiger partial charge on any atom is 0.315 e. The van der Waals surface area contributed by atoms with Crippen LogP contribution in [-0.2, 0) is 9.53 Å². The molecule has 0 spiro atoms. The minimum Gasteiger partial charge on any atom is -0.379 e. The number of primary amides is 1. The predicted octanol–water partition coefficient (Wildman–Crippen LogP) is -0.416. The molecule has 2 unspecified atom stereocenters. The Balaban J connectivity index is 2.38. The van der Waals surface area contributed by atoms with Gasteiger partial charge in [0.15, 0.2) is 0 Å². The quantitative estimate of drug-likeness (QED) is 0.611. The van der Waals surface area contributed by atoms with E-state index in [0.29, 0.717) is 13.2 Å². The zero-order chi connectivity index (χ0) is 12.1. The molecule has 1 fully saturated rings. The molecule has 16 heavy (non-hydrogen) atoms. The van der Waals surface area contributed by atoms with Crippen molar-refractivity contribution in [3.05, 3.63) is 0 Å². The van der Waals surface area contributed by atoms with Crippen molar-refractivity contribution in [3.8, 4) is 0 Å². The number of nitrogens with two attached hydrogens (primary N) is 1. The summed E-state index contributed by atoms with van der Waals surface area (Å²) in [7, 11) is 0. The van der Waals surface area contributed by atoms with E-state index in [1.807, 2.05) is 13.8 Å². The van der Waals surface area contributed by atoms with E-state index >= 15 is 0 Å². The lowest BCUT2D eigenvalue weighted by molar-refractivity contribution is -0.120. The van der Waals surface area contributed by atoms with Crippen molar-refractivity contribution in [1.82, 2.24) is 10.6 Å². The number of ether oxygens (including phenoxy) is 1. The Bertz CT molecular complexity index is 262. The molecule has 1 heterocycles. The third-order valence-corrected chi connectivity index (χ3v) is 2.52. The van der Waals surface area contributed by atoms with Crippen molar-refractivity contribution < 1.29 is 14.3 Å². The van der Waals surface area contributed by atoms with Gasteiger partial charge in [-0.1, -0.05) is 13.8 Å². The summed E-state index contributed by atoms with van der Waals surface area (Å²) in [6.45, 7) is 4.84. The maximum atomic E-state index is 11.5. The van der Waals surface area contributed by atoms with Gasteiger partial charge in [-0.3, -0.25) is 4.79 Å². The standard InChI is InChI=1S/C10H19N3O3/c1-6(2)8(9(11)14)13-10(15)12-7-3-4-16-5-7/h6-8H,3-5H2,1-2H3,(H2,11,14)(H2,12,13,15). The van der Waals surface area contributed by atoms with Crippen molar-refractivity contribution in [2.24, 2.45) is 11.7 Å². The summed E-state index contributed by atoms with van der Waals surface area (Å²) in [5.74, 6) is -0.545. The second-order valence-electron chi connectivity index (χ2n) is 4.30. The molecule has 0 aromatic heterocycles. The van der Waals surface area contributed by atoms with Crippen molar-refractivity contribution in [1.29, 1.82) is 0 Å². The van der Waals surface area contributed by atoms with Gasteiger partial charge in [-0.15, -0.1) is 0 Å². The molecule has 3 amide bonds. The first-order valence-electron chi connectivity index (χ1n) is 5.44. The number of hydrogen-bond donors (Lipinski definition) is 3. The molecule has 1 aliphatic rings. The number of urea groups is 1. The van der Waals surface area contributed by atoms with Crippen LogP contribution >= 0.6 is 0 Å². The molecule has 2 atom stereocenters. The molecule has 0 bridgehead atoms. The van der Waals surface area contributed by atoms with Gasteiger partial charge in [0.25, 0.3) is 0 Å². The number of carbonyl (C=O) groups excluding carboxylic acids is 2. The van der Waals surface area contributed by atoms with E-state index in [0.717, 1.165) is 6.42 Å². The predicted molar refractivity (Wildman–Crippen MR) is 58.7 cm³/mol. The summed E-state index contributed by atoms with van der Waals surface area (Å²) in [6.07, 6.45) is 0.802. The first-order chi connectivity index (χ1) is 7.50. The highest BCUT2D eigenvalue weighted by atomic mass is 16.5. The molecule has 6 nitrogen and oxygen atoms in total. The molecular weight excluding hydrogens is 210 g/mol. The molecule has 0 aromatic rings. The second kappa shape index (κ2) is 5.69. The Morgan fingerprint density at radius 3 is 2.56 bits per heavy atom. The van der Waals surface area contributed by atoms with Crippen molar-refractivity contribution in [3.63, 3.8) is 0 Å². The highest BCUT2D eigenvalue weighted by Gasteiger charge is 2.24. The Labute approximate surface area is 94.9 Å². The molecule has 1 aliphatic heterocycles. The summed E-state index contributed by atoms with van der Waals surface area (Å²) in [4.78, 5) is 22.6. The molecule has 1 saturated heterocycles. The van der Waals surface area contributed by atoms with E-state index in [2.05, 4.69) is 10.6 Å². The van der Waals surface area contributed by atoms with Crippen molar-refractivity contribution >= 4 is 11.9 Å². The second-order valence-corrected chi connectivity index (χ2v) is 4.30. The van der Waals surface area contributed by atoms with E-state index in [1.54, 1.807) is 0 Å². The molecular formula is C10H19N3O3. The molecule has 4 N–H and O–H groups in total. The third-order valence-electron chi connectivity index (χ3n) is 2.52. The SMILES string of the molecule is CC(C)C(NC(=O)NC1CCOC1)C(N)=O. The fourth-order valence-corrected chi connectivity index (χ4v) is 1.58. The number of amides is 3. The molecule has 6 heteroatoms. The van der Waals surface area contributed by atoms with Gasteiger partial charge >= 0.3 is 6.03 Å². The number of nitrogens with one attached hydrogen (secondary N) is 2. The topological polar surface area (TPSA) is 93.4 Å². The Kier molecular flexibility index (Phi) is 4.54. The van der Waals surface area contributed by atoms with Gasteiger partial charge in [-0.25, -0.2) is 4.79 Å². The van der Waals surface area contributed by atoms with Gasteiger partial charge in [0, 0.05) is 6.61 Å². The highest BCUT2D eigenvalue weighted by molar-refractivity contribution is 5.86. The van der Waals surface area contributed by atoms with Crippen LogP contribution in [0.3, 0.4) is 0 Å². The smallest absolute Gasteiger partial charge is 0.315 e. The van der Waals surface area contributed by atoms with Gasteiger partial charge in [-0.05, 0) is 12.3 Å². The number of carbonyl (C=O) groups is 2. The van der Waals surface area contributed by atoms with Crippen molar-refractivity contribution in [2.75, 3.05) is 13.2 Å². The normalized spacial score (nSPS) is 21.8. The average molecular weight is 229 g/mol. The summed E-state index contributed by atoms with van der Waals surface area (Å²) in [5, 5.41) is 5.30. The lowest BCUT2D eigenvalue weighted by Gasteiger charge is -2.20. The van der Waals surface area contributed by atoms with Crippen LogP contribution in [0.2, 0.25) is 0 Å². The fraction of sp³-hybridized carbons (Fsp3) is 0.800. The largest absolute Gasteiger partial charge is 0.379 e. The van der Waals surface area contributed by atoms with Crippen LogP contribution in [0, 0.1) is 5.92 Å². The van der Waals surface area contributed by atoms with Crippen LogP contribution in [0.25, 0.3) is 0 Å². The lowest BCUT2D eigenvalue weighted by Crippen LogP contribution is -2.53. The zero-order valence-electron chi connectivity index (χ0n) is 9.66. The van der Waals surface area contributed by atoms with E-state index in [4.69, 9.17) is 10.5 Å². The highest BCUT2D eigenvalue weighted by Crippen LogP contribution is 2.04. The minimum atomic E-state index is -0.637. The average Bonchev–Trinajstić information content (AvgIpc) is 2.65. The van der Waals surface area contributed by atoms with E-state index in [9.17, 15) is 9.59 Å². The lowest BCUT2D eigenvalue weighted by atomic mass is 10.0. The third kappa shape index (κ3) is 3.69. The molecule has 0 saturated carbocycles. The first-order valence-corrected chi connectivity index (χ1v) is 5.44. The van der Waals surface area contributed by atoms with Gasteiger partial charge in [0.05, 0.1) is 12.6 Å². The zero-order valence-corrected chi connectivity index (χ0v) is 9.66. The van der Waals surface area contributed by atoms with Crippen LogP contribution < -0.4 is 16.4 Å². The summed E-state index contributed by atoms with van der Waals surface area (Å²) < 4.78 is 5.12. The Morgan fingerprint density at radius 1 is 1.44 bits per heavy atom. The van der Waals surface area contributed by atoms with Crippen LogP contribution in [-0.4, -0.2) is 37.2 Å². The number of hydrogen-bond acceptors (Lipinski definition) is 3. The van der Waals surface area contributed by atoms with E-state index in [-0.39, 0.29) is 18.0 Å². The van der Waals surface area contributed by atoms with Crippen LogP contribution in [0.1, 0.15) is 20.3 Å². The fourth-order valence-electron chi connectivity index (χ4n) is 1.58. The first kappa shape index (κ1) is 12.8. The Morgan fingerprint density at radius 2 is 2.12 bits per heavy atom. The van der Waals surface area contributed by atoms with E-state index in [1.165, 1.54) is 0 Å². The molecule has 0 radical (unpaired) electrons. The van der Waals surface area contributed by atoms with Gasteiger partial charge < -0.3 is 21.1 Å². The summed E-state index contributed by atoms with van der Waals surface area (Å²) in [6, 6.07) is -0.976. The summed E-state index contributed by atoms with van der Waals surface area (Å²) >= 11 is 0. The van der Waals surface area contributed by atoms with E-state index < -0.39 is 11.9 Å². The molecule has 92 valence electrons. The monoisotopic (exact) mass is 229 g/mol. The molecule has 1 rings (SSSR count). The summed E-state index contributed by atoms with van der Waals surface area (Å²) in [5.41, 5.74) is 5.19. The number of rotatable bonds is 4. The molecule has 0 aliphatic carbocycles. The van der Waals surface area contributed by atoms with Gasteiger partial charge in [0.1, 0.15) is 6.04 Å². The van der Waals surface area contributed by atoms with Gasteiger partial charge in [0.2, 0.25) is 5.91 Å². The van der Waals surface area contributed by atoms with Gasteiger partial charge in [-0.2, -0.15) is 0 Å².